The topological polar surface area (TPSA) is 124 Å². The number of halogens is 3. The first-order chi connectivity index (χ1) is 21.1. The molecule has 0 unspecified atom stereocenters. The van der Waals surface area contributed by atoms with Gasteiger partial charge in [-0.2, -0.15) is 0 Å². The fraction of sp³-hybridized carbons (Fsp3) is 0.310. The van der Waals surface area contributed by atoms with Crippen molar-refractivity contribution in [2.24, 2.45) is 7.05 Å². The van der Waals surface area contributed by atoms with E-state index in [1.54, 1.807) is 53.2 Å². The number of fused-ring (bicyclic) bond motifs is 2. The summed E-state index contributed by atoms with van der Waals surface area (Å²) in [5.74, 6) is -0.124. The van der Waals surface area contributed by atoms with E-state index in [1.165, 1.54) is 18.2 Å². The molecule has 0 aliphatic carbocycles. The molecule has 3 aromatic heterocycles. The van der Waals surface area contributed by atoms with Gasteiger partial charge in [-0.25, -0.2) is 19.9 Å². The highest BCUT2D eigenvalue weighted by atomic mass is 32.1. The number of carbonyl (C=O) groups is 2. The molecule has 1 aliphatic heterocycles. The number of rotatable bonds is 9. The lowest BCUT2D eigenvalue weighted by atomic mass is 10.0. The Morgan fingerprint density at radius 1 is 1.02 bits per heavy atom. The van der Waals surface area contributed by atoms with Crippen LogP contribution in [-0.2, 0) is 11.8 Å². The Bertz CT molecular complexity index is 1820. The average Bonchev–Trinajstić information content (AvgIpc) is 3.54. The molecule has 1 saturated heterocycles. The average molecular weight is 626 g/mol. The van der Waals surface area contributed by atoms with E-state index in [-0.39, 0.29) is 36.4 Å². The number of benzene rings is 2. The Hall–Kier alpha value is -4.79. The van der Waals surface area contributed by atoms with Gasteiger partial charge in [0, 0.05) is 69.8 Å². The third-order valence-corrected chi connectivity index (χ3v) is 8.12. The first kappa shape index (κ1) is 29.3. The summed E-state index contributed by atoms with van der Waals surface area (Å²) in [4.78, 5) is 44.7. The summed E-state index contributed by atoms with van der Waals surface area (Å²) in [5.41, 5.74) is 2.28. The molecule has 4 heterocycles. The Balaban J connectivity index is 1.05. The quantitative estimate of drug-likeness (QED) is 0.207. The van der Waals surface area contributed by atoms with Crippen LogP contribution in [0, 0.1) is 0 Å². The van der Waals surface area contributed by atoms with Crippen LogP contribution in [-0.4, -0.2) is 66.6 Å². The SMILES string of the molecule is Cn1c(Nc2nc3ccc(OC(F)(F)F)cc3s2)nc2cc(C(=O)CCC(=O)N3CCC(Oc4ncccn4)CC3)ccc21. The van der Waals surface area contributed by atoms with Crippen molar-refractivity contribution in [1.29, 1.82) is 0 Å². The van der Waals surface area contributed by atoms with Crippen molar-refractivity contribution in [3.63, 3.8) is 0 Å². The third kappa shape index (κ3) is 6.72. The van der Waals surface area contributed by atoms with Gasteiger partial charge in [0.1, 0.15) is 11.9 Å². The van der Waals surface area contributed by atoms with Crippen LogP contribution < -0.4 is 14.8 Å². The zero-order chi connectivity index (χ0) is 30.8. The van der Waals surface area contributed by atoms with E-state index in [1.807, 2.05) is 0 Å². The van der Waals surface area contributed by atoms with E-state index in [4.69, 9.17) is 4.74 Å². The molecule has 2 aromatic carbocycles. The number of nitrogens with zero attached hydrogens (tertiary/aromatic N) is 6. The second kappa shape index (κ2) is 12.1. The number of hydrogen-bond acceptors (Lipinski definition) is 10. The van der Waals surface area contributed by atoms with Crippen molar-refractivity contribution in [1.82, 2.24) is 29.4 Å². The highest BCUT2D eigenvalue weighted by Gasteiger charge is 2.31. The van der Waals surface area contributed by atoms with Gasteiger partial charge in [0.15, 0.2) is 10.9 Å². The zero-order valence-corrected chi connectivity index (χ0v) is 24.2. The molecule has 0 bridgehead atoms. The van der Waals surface area contributed by atoms with Crippen molar-refractivity contribution >= 4 is 55.4 Å². The maximum absolute atomic E-state index is 13.0. The molecule has 44 heavy (non-hydrogen) atoms. The van der Waals surface area contributed by atoms with Gasteiger partial charge in [-0.3, -0.25) is 9.59 Å². The Morgan fingerprint density at radius 2 is 1.80 bits per heavy atom. The fourth-order valence-corrected chi connectivity index (χ4v) is 5.87. The standard InChI is InChI=1S/C29H26F3N7O4S/c1-38-22-6-3-17(23(40)7-8-25(41)39-13-9-18(10-14-39)42-27-33-11-2-12-34-27)15-21(22)35-26(38)37-28-36-20-5-4-19(16-24(20)44-28)43-29(30,31)32/h2-6,11-12,15-16,18H,7-10,13-14H2,1H3,(H,35,36,37). The van der Waals surface area contributed by atoms with Crippen LogP contribution in [0.3, 0.4) is 0 Å². The molecule has 1 amide bonds. The number of alkyl halides is 3. The predicted molar refractivity (Wildman–Crippen MR) is 156 cm³/mol. The van der Waals surface area contributed by atoms with E-state index < -0.39 is 6.36 Å². The van der Waals surface area contributed by atoms with Crippen molar-refractivity contribution < 1.29 is 32.2 Å². The van der Waals surface area contributed by atoms with Gasteiger partial charge >= 0.3 is 12.4 Å². The van der Waals surface area contributed by atoms with E-state index in [0.717, 1.165) is 16.9 Å². The molecule has 1 N–H and O–H groups in total. The molecular formula is C29H26F3N7O4S. The second-order valence-corrected chi connectivity index (χ2v) is 11.2. The summed E-state index contributed by atoms with van der Waals surface area (Å²) < 4.78 is 49.8. The van der Waals surface area contributed by atoms with Gasteiger partial charge in [-0.15, -0.1) is 13.2 Å². The van der Waals surface area contributed by atoms with Gasteiger partial charge in [0.05, 0.1) is 21.3 Å². The number of hydrogen-bond donors (Lipinski definition) is 1. The van der Waals surface area contributed by atoms with Crippen LogP contribution in [0.2, 0.25) is 0 Å². The largest absolute Gasteiger partial charge is 0.573 e. The molecule has 11 nitrogen and oxygen atoms in total. The molecule has 5 aromatic rings. The molecule has 0 radical (unpaired) electrons. The molecule has 0 saturated carbocycles. The number of anilines is 2. The summed E-state index contributed by atoms with van der Waals surface area (Å²) in [6.45, 7) is 1.08. The van der Waals surface area contributed by atoms with Gasteiger partial charge in [-0.05, 0) is 36.4 Å². The Morgan fingerprint density at radius 3 is 2.55 bits per heavy atom. The summed E-state index contributed by atoms with van der Waals surface area (Å²) in [6, 6.07) is 11.1. The molecule has 15 heteroatoms. The summed E-state index contributed by atoms with van der Waals surface area (Å²) in [6.07, 6.45) is -0.116. The number of likely N-dealkylation sites (tertiary alicyclic amines) is 1. The number of ether oxygens (including phenoxy) is 2. The Labute approximate surface area is 252 Å². The number of aromatic nitrogens is 5. The van der Waals surface area contributed by atoms with Crippen molar-refractivity contribution in [3.05, 3.63) is 60.4 Å². The van der Waals surface area contributed by atoms with E-state index in [0.29, 0.717) is 64.3 Å². The molecule has 1 aliphatic rings. The van der Waals surface area contributed by atoms with Crippen LogP contribution in [0.15, 0.2) is 54.9 Å². The summed E-state index contributed by atoms with van der Waals surface area (Å²) >= 11 is 1.15. The third-order valence-electron chi connectivity index (χ3n) is 7.19. The number of ketones is 1. The normalized spacial score (nSPS) is 14.2. The number of thiazole rings is 1. The number of amides is 1. The molecule has 0 spiro atoms. The van der Waals surface area contributed by atoms with E-state index in [2.05, 4.69) is 30.0 Å². The second-order valence-electron chi connectivity index (χ2n) is 10.2. The van der Waals surface area contributed by atoms with Crippen molar-refractivity contribution in [2.75, 3.05) is 18.4 Å². The van der Waals surface area contributed by atoms with Crippen LogP contribution in [0.25, 0.3) is 21.3 Å². The maximum Gasteiger partial charge on any atom is 0.573 e. The van der Waals surface area contributed by atoms with E-state index in [9.17, 15) is 22.8 Å². The van der Waals surface area contributed by atoms with Gasteiger partial charge in [0.25, 0.3) is 0 Å². The van der Waals surface area contributed by atoms with Gasteiger partial charge < -0.3 is 24.3 Å². The van der Waals surface area contributed by atoms with Gasteiger partial charge in [-0.1, -0.05) is 11.3 Å². The van der Waals surface area contributed by atoms with E-state index >= 15 is 0 Å². The number of nitrogens with one attached hydrogen (secondary N) is 1. The molecule has 228 valence electrons. The lowest BCUT2D eigenvalue weighted by Gasteiger charge is -2.31. The van der Waals surface area contributed by atoms with Crippen molar-refractivity contribution in [3.8, 4) is 11.8 Å². The highest BCUT2D eigenvalue weighted by Crippen LogP contribution is 2.33. The first-order valence-electron chi connectivity index (χ1n) is 13.8. The van der Waals surface area contributed by atoms with Gasteiger partial charge in [0.2, 0.25) is 11.9 Å². The predicted octanol–water partition coefficient (Wildman–Crippen LogP) is 5.65. The molecular weight excluding hydrogens is 599 g/mol. The molecule has 6 rings (SSSR count). The molecule has 0 atom stereocenters. The summed E-state index contributed by atoms with van der Waals surface area (Å²) in [7, 11) is 1.79. The minimum Gasteiger partial charge on any atom is -0.460 e. The Kier molecular flexibility index (Phi) is 8.03. The zero-order valence-electron chi connectivity index (χ0n) is 23.4. The minimum absolute atomic E-state index is 0.0621. The van der Waals surface area contributed by atoms with Crippen LogP contribution in [0.4, 0.5) is 24.3 Å². The number of aryl methyl sites for hydroxylation is 1. The lowest BCUT2D eigenvalue weighted by Crippen LogP contribution is -2.42. The first-order valence-corrected chi connectivity index (χ1v) is 14.6. The number of Topliss-reactive ketones (excluding diaryl/α,β-unsaturated/α-hetero) is 1. The minimum atomic E-state index is -4.78. The van der Waals surface area contributed by atoms with Crippen LogP contribution in [0.1, 0.15) is 36.0 Å². The number of piperidine rings is 1. The van der Waals surface area contributed by atoms with Crippen LogP contribution in [0.5, 0.6) is 11.8 Å². The van der Waals surface area contributed by atoms with Crippen molar-refractivity contribution in [2.45, 2.75) is 38.1 Å². The highest BCUT2D eigenvalue weighted by molar-refractivity contribution is 7.22. The summed E-state index contributed by atoms with van der Waals surface area (Å²) in [5, 5.41) is 3.54. The smallest absolute Gasteiger partial charge is 0.460 e. The molecule has 1 fully saturated rings. The number of carbonyl (C=O) groups excluding carboxylic acids is 2. The lowest BCUT2D eigenvalue weighted by molar-refractivity contribution is -0.274. The fourth-order valence-electron chi connectivity index (χ4n) is 4.98. The number of imidazole rings is 1. The van der Waals surface area contributed by atoms with Crippen LogP contribution >= 0.6 is 11.3 Å². The maximum atomic E-state index is 13.0. The monoisotopic (exact) mass is 625 g/mol.